The van der Waals surface area contributed by atoms with Crippen molar-refractivity contribution in [2.75, 3.05) is 5.73 Å². The predicted molar refractivity (Wildman–Crippen MR) is 94.9 cm³/mol. The van der Waals surface area contributed by atoms with E-state index < -0.39 is 0 Å². The topological polar surface area (TPSA) is 72.3 Å². The van der Waals surface area contributed by atoms with Crippen molar-refractivity contribution >= 4 is 5.69 Å². The van der Waals surface area contributed by atoms with Gasteiger partial charge in [0.1, 0.15) is 5.75 Å². The maximum atomic E-state index is 9.47. The van der Waals surface area contributed by atoms with Gasteiger partial charge in [-0.2, -0.15) is 0 Å². The number of phenolic OH excluding ortho intramolecular Hbond substituents is 1. The predicted octanol–water partition coefficient (Wildman–Crippen LogP) is 3.72. The van der Waals surface area contributed by atoms with Gasteiger partial charge in [-0.25, -0.2) is 0 Å². The van der Waals surface area contributed by atoms with Gasteiger partial charge in [-0.05, 0) is 66.1 Å². The number of benzene rings is 2. The summed E-state index contributed by atoms with van der Waals surface area (Å²) >= 11 is 0. The quantitative estimate of drug-likeness (QED) is 0.754. The fourth-order valence-corrected chi connectivity index (χ4v) is 3.10. The number of phenols is 1. The van der Waals surface area contributed by atoms with Gasteiger partial charge < -0.3 is 16.6 Å². The monoisotopic (exact) mass is 306 g/mol. The zero-order valence-corrected chi connectivity index (χ0v) is 13.0. The van der Waals surface area contributed by atoms with Crippen LogP contribution in [-0.4, -0.2) is 5.11 Å². The van der Waals surface area contributed by atoms with Crippen molar-refractivity contribution < 1.29 is 5.11 Å². The number of allylic oxidation sites excluding steroid dienone is 3. The highest BCUT2D eigenvalue weighted by Crippen LogP contribution is 2.34. The summed E-state index contributed by atoms with van der Waals surface area (Å²) < 4.78 is 0. The Labute approximate surface area is 136 Å². The van der Waals surface area contributed by atoms with E-state index in [1.165, 1.54) is 11.1 Å². The van der Waals surface area contributed by atoms with Crippen molar-refractivity contribution in [1.82, 2.24) is 0 Å². The summed E-state index contributed by atoms with van der Waals surface area (Å²) in [5.74, 6) is 1.05. The van der Waals surface area contributed by atoms with Crippen LogP contribution in [0, 0.1) is 5.92 Å². The van der Waals surface area contributed by atoms with Crippen molar-refractivity contribution in [3.63, 3.8) is 0 Å². The van der Waals surface area contributed by atoms with Gasteiger partial charge in [-0.3, -0.25) is 0 Å². The summed E-state index contributed by atoms with van der Waals surface area (Å²) in [6.07, 6.45) is 8.14. The first-order valence-electron chi connectivity index (χ1n) is 7.89. The summed E-state index contributed by atoms with van der Waals surface area (Å²) in [5.41, 5.74) is 15.8. The molecule has 0 fully saturated rings. The normalized spacial score (nSPS) is 18.4. The van der Waals surface area contributed by atoms with Crippen LogP contribution in [0.25, 0.3) is 0 Å². The Morgan fingerprint density at radius 2 is 1.70 bits per heavy atom. The Kier molecular flexibility index (Phi) is 4.38. The Morgan fingerprint density at radius 3 is 2.30 bits per heavy atom. The average molecular weight is 306 g/mol. The first kappa shape index (κ1) is 15.2. The van der Waals surface area contributed by atoms with Crippen molar-refractivity contribution in [2.24, 2.45) is 11.7 Å². The van der Waals surface area contributed by atoms with Crippen molar-refractivity contribution in [3.05, 3.63) is 83.6 Å². The molecule has 0 saturated carbocycles. The third-order valence-corrected chi connectivity index (χ3v) is 4.43. The molecule has 1 aliphatic carbocycles. The summed E-state index contributed by atoms with van der Waals surface area (Å²) in [6.45, 7) is 0. The van der Waals surface area contributed by atoms with E-state index in [2.05, 4.69) is 24.3 Å². The molecule has 0 spiro atoms. The van der Waals surface area contributed by atoms with E-state index in [0.29, 0.717) is 17.6 Å². The van der Waals surface area contributed by atoms with E-state index in [4.69, 9.17) is 11.5 Å². The fourth-order valence-electron chi connectivity index (χ4n) is 3.10. The van der Waals surface area contributed by atoms with Crippen molar-refractivity contribution in [2.45, 2.75) is 18.8 Å². The number of rotatable bonds is 4. The molecule has 0 heterocycles. The molecule has 5 N–H and O–H groups in total. The zero-order chi connectivity index (χ0) is 16.2. The number of aromatic hydroxyl groups is 1. The molecule has 2 atom stereocenters. The lowest BCUT2D eigenvalue weighted by Gasteiger charge is -2.27. The van der Waals surface area contributed by atoms with Crippen molar-refractivity contribution in [3.8, 4) is 5.75 Å². The van der Waals surface area contributed by atoms with Gasteiger partial charge in [-0.1, -0.05) is 36.4 Å². The Hall–Kier alpha value is -2.68. The van der Waals surface area contributed by atoms with E-state index in [-0.39, 0.29) is 0 Å². The highest BCUT2D eigenvalue weighted by Gasteiger charge is 2.22. The molecular formula is C20H22N2O. The lowest BCUT2D eigenvalue weighted by Crippen LogP contribution is -2.16. The van der Waals surface area contributed by atoms with E-state index in [1.54, 1.807) is 12.1 Å². The maximum absolute atomic E-state index is 9.47. The number of nitrogens with two attached hydrogens (primary N) is 2. The van der Waals surface area contributed by atoms with Gasteiger partial charge in [0, 0.05) is 11.4 Å². The lowest BCUT2D eigenvalue weighted by molar-refractivity contribution is 0.474. The molecule has 0 aliphatic heterocycles. The molecule has 0 radical (unpaired) electrons. The number of hydrogen-bond donors (Lipinski definition) is 3. The van der Waals surface area contributed by atoms with E-state index in [0.717, 1.165) is 24.2 Å². The summed E-state index contributed by atoms with van der Waals surface area (Å²) in [6, 6.07) is 15.6. The first-order valence-corrected chi connectivity index (χ1v) is 7.89. The lowest BCUT2D eigenvalue weighted by atomic mass is 9.78. The van der Waals surface area contributed by atoms with E-state index in [1.807, 2.05) is 30.3 Å². The van der Waals surface area contributed by atoms with Crippen LogP contribution in [-0.2, 0) is 6.42 Å². The van der Waals surface area contributed by atoms with Crippen LogP contribution in [0.15, 0.2) is 72.5 Å². The molecule has 0 aromatic heterocycles. The molecule has 0 amide bonds. The van der Waals surface area contributed by atoms with Crippen LogP contribution in [0.1, 0.15) is 23.5 Å². The summed E-state index contributed by atoms with van der Waals surface area (Å²) in [5, 5.41) is 9.47. The molecule has 0 saturated heterocycles. The molecule has 0 bridgehead atoms. The molecule has 3 nitrogen and oxygen atoms in total. The molecule has 3 heteroatoms. The summed E-state index contributed by atoms with van der Waals surface area (Å²) in [7, 11) is 0. The minimum absolute atomic E-state index is 0.297. The number of anilines is 1. The molecule has 2 aromatic rings. The molecule has 1 aliphatic rings. The van der Waals surface area contributed by atoms with Gasteiger partial charge in [-0.15, -0.1) is 0 Å². The van der Waals surface area contributed by atoms with Crippen LogP contribution in [0.4, 0.5) is 5.69 Å². The second kappa shape index (κ2) is 6.61. The van der Waals surface area contributed by atoms with Crippen LogP contribution >= 0.6 is 0 Å². The second-order valence-corrected chi connectivity index (χ2v) is 6.11. The largest absolute Gasteiger partial charge is 0.508 e. The zero-order valence-electron chi connectivity index (χ0n) is 13.0. The average Bonchev–Trinajstić information content (AvgIpc) is 2.56. The molecule has 23 heavy (non-hydrogen) atoms. The second-order valence-electron chi connectivity index (χ2n) is 6.11. The first-order chi connectivity index (χ1) is 11.1. The van der Waals surface area contributed by atoms with E-state index >= 15 is 0 Å². The van der Waals surface area contributed by atoms with Gasteiger partial charge in [0.15, 0.2) is 0 Å². The highest BCUT2D eigenvalue weighted by molar-refractivity contribution is 5.41. The summed E-state index contributed by atoms with van der Waals surface area (Å²) in [4.78, 5) is 0. The maximum Gasteiger partial charge on any atom is 0.115 e. The van der Waals surface area contributed by atoms with Crippen LogP contribution in [0.2, 0.25) is 0 Å². The molecular weight excluding hydrogens is 284 g/mol. The molecule has 2 unspecified atom stereocenters. The Morgan fingerprint density at radius 1 is 1.00 bits per heavy atom. The van der Waals surface area contributed by atoms with Crippen LogP contribution in [0.5, 0.6) is 5.75 Å². The molecule has 118 valence electrons. The smallest absolute Gasteiger partial charge is 0.115 e. The Bertz CT molecular complexity index is 714. The highest BCUT2D eigenvalue weighted by atomic mass is 16.3. The van der Waals surface area contributed by atoms with Gasteiger partial charge >= 0.3 is 0 Å². The van der Waals surface area contributed by atoms with Crippen molar-refractivity contribution in [1.29, 1.82) is 0 Å². The number of hydrogen-bond acceptors (Lipinski definition) is 3. The SMILES string of the molecule is NC1=CCC(C(Cc2ccc(O)cc2)c2ccc(N)cc2)C=C1. The van der Waals surface area contributed by atoms with Crippen LogP contribution < -0.4 is 11.5 Å². The van der Waals surface area contributed by atoms with Gasteiger partial charge in [0.25, 0.3) is 0 Å². The van der Waals surface area contributed by atoms with Gasteiger partial charge in [0.05, 0.1) is 0 Å². The fraction of sp³-hybridized carbons (Fsp3) is 0.200. The number of nitrogen functional groups attached to an aromatic ring is 1. The third kappa shape index (κ3) is 3.75. The third-order valence-electron chi connectivity index (χ3n) is 4.43. The van der Waals surface area contributed by atoms with E-state index in [9.17, 15) is 5.11 Å². The van der Waals surface area contributed by atoms with Crippen LogP contribution in [0.3, 0.4) is 0 Å². The molecule has 3 rings (SSSR count). The standard InChI is InChI=1S/C20H22N2O/c21-17-7-3-15(4-8-17)20(16-5-9-18(22)10-6-16)13-14-1-11-19(23)12-2-14/h1-5,7-12,16,20,23H,6,13,21-22H2. The minimum atomic E-state index is 0.297. The van der Waals surface area contributed by atoms with Gasteiger partial charge in [0.2, 0.25) is 0 Å². The molecule has 2 aromatic carbocycles. The minimum Gasteiger partial charge on any atom is -0.508 e. The Balaban J connectivity index is 1.88.